The summed E-state index contributed by atoms with van der Waals surface area (Å²) in [5.41, 5.74) is 12.7. The van der Waals surface area contributed by atoms with Crippen LogP contribution in [0.15, 0.2) is 54.6 Å². The van der Waals surface area contributed by atoms with Crippen LogP contribution in [0.3, 0.4) is 0 Å². The fraction of sp³-hybridized carbons (Fsp3) is 0.385. The van der Waals surface area contributed by atoms with Gasteiger partial charge in [0, 0.05) is 12.8 Å². The maximum absolute atomic E-state index is 13.0. The highest BCUT2D eigenvalue weighted by Crippen LogP contribution is 2.16. The van der Waals surface area contributed by atoms with Crippen LogP contribution in [0, 0.1) is 0 Å². The van der Waals surface area contributed by atoms with Crippen LogP contribution in [0.2, 0.25) is 0 Å². The van der Waals surface area contributed by atoms with Crippen molar-refractivity contribution in [3.63, 3.8) is 0 Å². The molecule has 36 heavy (non-hydrogen) atoms. The molecular formula is C26H34N4O6. The first kappa shape index (κ1) is 28.3. The summed E-state index contributed by atoms with van der Waals surface area (Å²) in [4.78, 5) is 47.9. The second-order valence-electron chi connectivity index (χ2n) is 8.38. The summed E-state index contributed by atoms with van der Waals surface area (Å²) in [5, 5.41) is 14.0. The zero-order chi connectivity index (χ0) is 26.3. The maximum atomic E-state index is 13.0. The van der Waals surface area contributed by atoms with Gasteiger partial charge >= 0.3 is 5.97 Å². The number of aliphatic carboxylic acids is 1. The molecule has 0 bridgehead atoms. The Hall–Kier alpha value is -3.92. The standard InChI is InChI=1S/C26H34N4O6/c27-15-5-4-8-21(25(28)34)30-26(35)22(29-23(31)13-14-24(32)33)16-18-9-11-20(12-10-18)36-17-19-6-2-1-3-7-19/h1-3,6-7,9-12,21-22H,4-5,8,13-17,27H2,(H2,28,34)(H,29,31)(H,30,35)(H,32,33)/t21-,22-/m0/s1. The Morgan fingerprint density at radius 2 is 1.56 bits per heavy atom. The first-order valence-corrected chi connectivity index (χ1v) is 11.8. The molecule has 0 heterocycles. The molecule has 2 aromatic carbocycles. The Morgan fingerprint density at radius 1 is 0.861 bits per heavy atom. The highest BCUT2D eigenvalue weighted by Gasteiger charge is 2.26. The molecule has 0 radical (unpaired) electrons. The topological polar surface area (TPSA) is 174 Å². The van der Waals surface area contributed by atoms with Gasteiger partial charge in [-0.2, -0.15) is 0 Å². The Labute approximate surface area is 210 Å². The van der Waals surface area contributed by atoms with E-state index in [-0.39, 0.29) is 19.3 Å². The molecule has 3 amide bonds. The van der Waals surface area contributed by atoms with Crippen LogP contribution < -0.4 is 26.8 Å². The lowest BCUT2D eigenvalue weighted by Gasteiger charge is -2.22. The molecule has 0 unspecified atom stereocenters. The molecule has 10 nitrogen and oxygen atoms in total. The van der Waals surface area contributed by atoms with E-state index in [0.717, 1.165) is 11.1 Å². The molecule has 0 aliphatic heterocycles. The van der Waals surface area contributed by atoms with Crippen LogP contribution in [0.25, 0.3) is 0 Å². The van der Waals surface area contributed by atoms with E-state index in [4.69, 9.17) is 21.3 Å². The number of amides is 3. The molecule has 0 saturated carbocycles. The number of carbonyl (C=O) groups is 4. The molecule has 0 fully saturated rings. The van der Waals surface area contributed by atoms with Crippen LogP contribution in [-0.4, -0.2) is 47.4 Å². The number of rotatable bonds is 16. The number of primary amides is 1. The van der Waals surface area contributed by atoms with Gasteiger partial charge in [-0.3, -0.25) is 19.2 Å². The molecule has 10 heteroatoms. The second kappa shape index (κ2) is 15.2. The van der Waals surface area contributed by atoms with E-state index in [1.807, 2.05) is 30.3 Å². The number of ether oxygens (including phenoxy) is 1. The van der Waals surface area contributed by atoms with Crippen molar-refractivity contribution >= 4 is 23.7 Å². The molecule has 2 rings (SSSR count). The minimum Gasteiger partial charge on any atom is -0.489 e. The molecular weight excluding hydrogens is 464 g/mol. The third-order valence-electron chi connectivity index (χ3n) is 5.44. The summed E-state index contributed by atoms with van der Waals surface area (Å²) in [7, 11) is 0. The number of hydrogen-bond acceptors (Lipinski definition) is 6. The van der Waals surface area contributed by atoms with Crippen molar-refractivity contribution in [2.24, 2.45) is 11.5 Å². The van der Waals surface area contributed by atoms with E-state index < -0.39 is 35.8 Å². The van der Waals surface area contributed by atoms with E-state index in [2.05, 4.69) is 10.6 Å². The molecule has 7 N–H and O–H groups in total. The molecule has 0 aliphatic carbocycles. The molecule has 0 aliphatic rings. The minimum atomic E-state index is -1.12. The van der Waals surface area contributed by atoms with Crippen molar-refractivity contribution in [3.05, 3.63) is 65.7 Å². The van der Waals surface area contributed by atoms with Gasteiger partial charge in [-0.25, -0.2) is 0 Å². The summed E-state index contributed by atoms with van der Waals surface area (Å²) in [6.45, 7) is 0.857. The van der Waals surface area contributed by atoms with Gasteiger partial charge < -0.3 is 31.9 Å². The summed E-state index contributed by atoms with van der Waals surface area (Å²) in [5.74, 6) is -2.33. The van der Waals surface area contributed by atoms with Crippen LogP contribution in [0.5, 0.6) is 5.75 Å². The monoisotopic (exact) mass is 498 g/mol. The largest absolute Gasteiger partial charge is 0.489 e. The molecule has 194 valence electrons. The number of unbranched alkanes of at least 4 members (excludes halogenated alkanes) is 1. The average Bonchev–Trinajstić information content (AvgIpc) is 2.86. The van der Waals surface area contributed by atoms with Gasteiger partial charge in [-0.15, -0.1) is 0 Å². The fourth-order valence-corrected chi connectivity index (χ4v) is 3.45. The van der Waals surface area contributed by atoms with Crippen LogP contribution in [-0.2, 0) is 32.2 Å². The number of carboxylic acids is 1. The van der Waals surface area contributed by atoms with Gasteiger partial charge in [0.2, 0.25) is 17.7 Å². The molecule has 0 spiro atoms. The maximum Gasteiger partial charge on any atom is 0.303 e. The molecule has 2 aromatic rings. The third kappa shape index (κ3) is 10.6. The van der Waals surface area contributed by atoms with Gasteiger partial charge in [0.15, 0.2) is 0 Å². The highest BCUT2D eigenvalue weighted by molar-refractivity contribution is 5.92. The van der Waals surface area contributed by atoms with E-state index >= 15 is 0 Å². The quantitative estimate of drug-likeness (QED) is 0.217. The van der Waals surface area contributed by atoms with Crippen molar-refractivity contribution in [1.82, 2.24) is 10.6 Å². The van der Waals surface area contributed by atoms with Crippen LogP contribution in [0.4, 0.5) is 0 Å². The van der Waals surface area contributed by atoms with Gasteiger partial charge in [-0.1, -0.05) is 42.5 Å². The lowest BCUT2D eigenvalue weighted by molar-refractivity contribution is -0.139. The predicted molar refractivity (Wildman–Crippen MR) is 134 cm³/mol. The normalized spacial score (nSPS) is 12.2. The van der Waals surface area contributed by atoms with Gasteiger partial charge in [0.1, 0.15) is 24.4 Å². The minimum absolute atomic E-state index is 0.123. The van der Waals surface area contributed by atoms with E-state index in [1.165, 1.54) is 0 Å². The van der Waals surface area contributed by atoms with E-state index in [1.54, 1.807) is 24.3 Å². The Kier molecular flexibility index (Phi) is 11.9. The number of nitrogens with one attached hydrogen (secondary N) is 2. The van der Waals surface area contributed by atoms with Crippen LogP contribution in [0.1, 0.15) is 43.2 Å². The number of hydrogen-bond donors (Lipinski definition) is 5. The number of nitrogens with two attached hydrogens (primary N) is 2. The van der Waals surface area contributed by atoms with E-state index in [0.29, 0.717) is 38.2 Å². The van der Waals surface area contributed by atoms with Crippen molar-refractivity contribution < 1.29 is 29.0 Å². The lowest BCUT2D eigenvalue weighted by Crippen LogP contribution is -2.53. The van der Waals surface area contributed by atoms with Crippen molar-refractivity contribution in [2.75, 3.05) is 6.54 Å². The number of benzene rings is 2. The van der Waals surface area contributed by atoms with Gasteiger partial charge in [0.05, 0.1) is 6.42 Å². The lowest BCUT2D eigenvalue weighted by atomic mass is 10.0. The fourth-order valence-electron chi connectivity index (χ4n) is 3.45. The van der Waals surface area contributed by atoms with Gasteiger partial charge in [0.25, 0.3) is 0 Å². The second-order valence-corrected chi connectivity index (χ2v) is 8.38. The Balaban J connectivity index is 2.06. The number of carbonyl (C=O) groups excluding carboxylic acids is 3. The van der Waals surface area contributed by atoms with Crippen LogP contribution >= 0.6 is 0 Å². The van der Waals surface area contributed by atoms with Crippen molar-refractivity contribution in [2.45, 2.75) is 57.2 Å². The van der Waals surface area contributed by atoms with Crippen molar-refractivity contribution in [1.29, 1.82) is 0 Å². The van der Waals surface area contributed by atoms with E-state index in [9.17, 15) is 19.2 Å². The molecule has 2 atom stereocenters. The Morgan fingerprint density at radius 3 is 2.17 bits per heavy atom. The SMILES string of the molecule is NCCCC[C@H](NC(=O)[C@H](Cc1ccc(OCc2ccccc2)cc1)NC(=O)CCC(=O)O)C(N)=O. The first-order valence-electron chi connectivity index (χ1n) is 11.8. The Bertz CT molecular complexity index is 997. The average molecular weight is 499 g/mol. The third-order valence-corrected chi connectivity index (χ3v) is 5.44. The van der Waals surface area contributed by atoms with Crippen molar-refractivity contribution in [3.8, 4) is 5.75 Å². The molecule has 0 saturated heterocycles. The summed E-state index contributed by atoms with van der Waals surface area (Å²) in [6, 6.07) is 14.8. The number of carboxylic acid groups (broad SMARTS) is 1. The molecule has 0 aromatic heterocycles. The smallest absolute Gasteiger partial charge is 0.303 e. The zero-order valence-corrected chi connectivity index (χ0v) is 20.2. The summed E-state index contributed by atoms with van der Waals surface area (Å²) in [6.07, 6.45) is 1.08. The summed E-state index contributed by atoms with van der Waals surface area (Å²) >= 11 is 0. The first-order chi connectivity index (χ1) is 17.3. The summed E-state index contributed by atoms with van der Waals surface area (Å²) < 4.78 is 5.78. The van der Waals surface area contributed by atoms with Gasteiger partial charge in [-0.05, 0) is 49.1 Å². The highest BCUT2D eigenvalue weighted by atomic mass is 16.5. The predicted octanol–water partition coefficient (Wildman–Crippen LogP) is 1.26. The zero-order valence-electron chi connectivity index (χ0n) is 20.2.